The summed E-state index contributed by atoms with van der Waals surface area (Å²) < 4.78 is 13.1. The normalized spacial score (nSPS) is 38.5. The van der Waals surface area contributed by atoms with Crippen molar-refractivity contribution in [3.63, 3.8) is 0 Å². The molecule has 0 unspecified atom stereocenters. The lowest BCUT2D eigenvalue weighted by Gasteiger charge is -2.41. The molecule has 3 heterocycles. The molecule has 0 aromatic heterocycles. The van der Waals surface area contributed by atoms with Crippen LogP contribution in [-0.4, -0.2) is 36.2 Å². The van der Waals surface area contributed by atoms with Crippen LogP contribution in [0.1, 0.15) is 12.8 Å². The molecule has 0 saturated carbocycles. The van der Waals surface area contributed by atoms with Crippen LogP contribution in [0.2, 0.25) is 0 Å². The van der Waals surface area contributed by atoms with E-state index in [4.69, 9.17) is 5.11 Å². The quantitative estimate of drug-likeness (QED) is 0.634. The molecule has 3 saturated heterocycles. The Kier molecular flexibility index (Phi) is 2.15. The number of hydrogen-bond donors (Lipinski definition) is 1. The van der Waals surface area contributed by atoms with Gasteiger partial charge in [-0.15, -0.1) is 0 Å². The van der Waals surface area contributed by atoms with E-state index < -0.39 is 6.61 Å². The Morgan fingerprint density at radius 3 is 2.58 bits per heavy atom. The van der Waals surface area contributed by atoms with Gasteiger partial charge in [-0.25, -0.2) is 4.39 Å². The average molecular weight is 171 g/mol. The van der Waals surface area contributed by atoms with Crippen LogP contribution in [0.3, 0.4) is 0 Å². The Hall–Kier alpha value is -0.410. The average Bonchev–Trinajstić information content (AvgIpc) is 2.18. The standard InChI is InChI=1S/C9H14FNO/c10-9(6-12)8-5-11-3-1-7(8)2-4-11/h7,12H,1-6H2/b9-8-. The minimum atomic E-state index is -0.417. The van der Waals surface area contributed by atoms with Crippen LogP contribution < -0.4 is 0 Å². The molecule has 2 nitrogen and oxygen atoms in total. The van der Waals surface area contributed by atoms with E-state index in [1.54, 1.807) is 0 Å². The summed E-state index contributed by atoms with van der Waals surface area (Å²) in [6, 6.07) is 0. The fourth-order valence-corrected chi connectivity index (χ4v) is 2.22. The van der Waals surface area contributed by atoms with Gasteiger partial charge < -0.3 is 5.11 Å². The molecule has 12 heavy (non-hydrogen) atoms. The van der Waals surface area contributed by atoms with Crippen LogP contribution in [0.15, 0.2) is 11.4 Å². The Morgan fingerprint density at radius 1 is 1.50 bits per heavy atom. The number of piperidine rings is 3. The summed E-state index contributed by atoms with van der Waals surface area (Å²) in [6.07, 6.45) is 2.14. The highest BCUT2D eigenvalue weighted by molar-refractivity contribution is 5.18. The molecule has 0 radical (unpaired) electrons. The molecule has 0 aromatic rings. The summed E-state index contributed by atoms with van der Waals surface area (Å²) in [5, 5.41) is 8.66. The molecule has 3 heteroatoms. The number of aliphatic hydroxyl groups is 1. The first-order valence-corrected chi connectivity index (χ1v) is 4.52. The molecule has 0 spiro atoms. The molecule has 0 aromatic carbocycles. The number of nitrogens with zero attached hydrogens (tertiary/aromatic N) is 1. The van der Waals surface area contributed by atoms with E-state index in [9.17, 15) is 4.39 Å². The SMILES string of the molecule is OC/C(F)=C1\CN2CCC1CC2. The van der Waals surface area contributed by atoms with Gasteiger partial charge in [0.15, 0.2) is 0 Å². The summed E-state index contributed by atoms with van der Waals surface area (Å²) in [6.45, 7) is 2.54. The number of rotatable bonds is 1. The van der Waals surface area contributed by atoms with Crippen molar-refractivity contribution >= 4 is 0 Å². The minimum Gasteiger partial charge on any atom is -0.389 e. The summed E-state index contributed by atoms with van der Waals surface area (Å²) in [7, 11) is 0. The van der Waals surface area contributed by atoms with Crippen LogP contribution >= 0.6 is 0 Å². The maximum absolute atomic E-state index is 13.1. The van der Waals surface area contributed by atoms with E-state index in [-0.39, 0.29) is 5.83 Å². The van der Waals surface area contributed by atoms with Gasteiger partial charge in [-0.3, -0.25) is 4.90 Å². The first-order chi connectivity index (χ1) is 5.81. The Morgan fingerprint density at radius 2 is 2.17 bits per heavy atom. The maximum atomic E-state index is 13.1. The Labute approximate surface area is 71.7 Å². The van der Waals surface area contributed by atoms with Gasteiger partial charge in [0.2, 0.25) is 0 Å². The lowest BCUT2D eigenvalue weighted by Crippen LogP contribution is -2.43. The van der Waals surface area contributed by atoms with Crippen molar-refractivity contribution in [1.29, 1.82) is 0 Å². The second-order valence-electron chi connectivity index (χ2n) is 3.64. The van der Waals surface area contributed by atoms with Crippen LogP contribution in [-0.2, 0) is 0 Å². The summed E-state index contributed by atoms with van der Waals surface area (Å²) in [5.41, 5.74) is 0.856. The highest BCUT2D eigenvalue weighted by Crippen LogP contribution is 2.33. The molecular weight excluding hydrogens is 157 g/mol. The predicted molar refractivity (Wildman–Crippen MR) is 44.4 cm³/mol. The topological polar surface area (TPSA) is 23.5 Å². The third kappa shape index (κ3) is 1.27. The van der Waals surface area contributed by atoms with Crippen molar-refractivity contribution in [1.82, 2.24) is 4.90 Å². The van der Waals surface area contributed by atoms with Gasteiger partial charge in [-0.05, 0) is 37.4 Å². The zero-order valence-electron chi connectivity index (χ0n) is 7.09. The summed E-state index contributed by atoms with van der Waals surface area (Å²) >= 11 is 0. The Bertz CT molecular complexity index is 207. The third-order valence-corrected chi connectivity index (χ3v) is 2.96. The third-order valence-electron chi connectivity index (χ3n) is 2.96. The highest BCUT2D eigenvalue weighted by Gasteiger charge is 2.31. The van der Waals surface area contributed by atoms with E-state index in [1.165, 1.54) is 0 Å². The predicted octanol–water partition coefficient (Wildman–Crippen LogP) is 0.928. The van der Waals surface area contributed by atoms with Crippen molar-refractivity contribution < 1.29 is 9.50 Å². The van der Waals surface area contributed by atoms with Gasteiger partial charge in [0.05, 0.1) is 6.61 Å². The maximum Gasteiger partial charge on any atom is 0.126 e. The molecule has 3 fully saturated rings. The van der Waals surface area contributed by atoms with Crippen molar-refractivity contribution in [3.05, 3.63) is 11.4 Å². The molecule has 0 atom stereocenters. The molecule has 0 amide bonds. The van der Waals surface area contributed by atoms with Gasteiger partial charge in [0.1, 0.15) is 5.83 Å². The number of halogens is 1. The monoisotopic (exact) mass is 171 g/mol. The van der Waals surface area contributed by atoms with Gasteiger partial charge in [-0.2, -0.15) is 0 Å². The van der Waals surface area contributed by atoms with Crippen molar-refractivity contribution in [2.75, 3.05) is 26.2 Å². The van der Waals surface area contributed by atoms with Crippen molar-refractivity contribution in [3.8, 4) is 0 Å². The molecule has 0 aliphatic carbocycles. The van der Waals surface area contributed by atoms with E-state index in [0.717, 1.165) is 38.0 Å². The van der Waals surface area contributed by atoms with Gasteiger partial charge in [0, 0.05) is 6.54 Å². The number of fused-ring (bicyclic) bond motifs is 3. The molecule has 2 bridgehead atoms. The zero-order valence-corrected chi connectivity index (χ0v) is 7.09. The molecule has 3 aliphatic heterocycles. The number of aliphatic hydroxyl groups excluding tert-OH is 1. The zero-order chi connectivity index (χ0) is 8.55. The van der Waals surface area contributed by atoms with Crippen LogP contribution in [0.5, 0.6) is 0 Å². The van der Waals surface area contributed by atoms with Gasteiger partial charge in [-0.1, -0.05) is 0 Å². The summed E-state index contributed by atoms with van der Waals surface area (Å²) in [4.78, 5) is 2.25. The summed E-state index contributed by atoms with van der Waals surface area (Å²) in [5.74, 6) is 0.131. The molecule has 1 N–H and O–H groups in total. The van der Waals surface area contributed by atoms with Crippen molar-refractivity contribution in [2.24, 2.45) is 5.92 Å². The minimum absolute atomic E-state index is 0.288. The largest absolute Gasteiger partial charge is 0.389 e. The van der Waals surface area contributed by atoms with Crippen molar-refractivity contribution in [2.45, 2.75) is 12.8 Å². The van der Waals surface area contributed by atoms with E-state index in [0.29, 0.717) is 5.92 Å². The van der Waals surface area contributed by atoms with Gasteiger partial charge >= 0.3 is 0 Å². The lowest BCUT2D eigenvalue weighted by atomic mass is 9.83. The second-order valence-corrected chi connectivity index (χ2v) is 3.64. The smallest absolute Gasteiger partial charge is 0.126 e. The van der Waals surface area contributed by atoms with Crippen LogP contribution in [0.25, 0.3) is 0 Å². The second kappa shape index (κ2) is 3.15. The Balaban J connectivity index is 2.18. The first kappa shape index (κ1) is 8.20. The van der Waals surface area contributed by atoms with E-state index >= 15 is 0 Å². The number of hydrogen-bond acceptors (Lipinski definition) is 2. The fraction of sp³-hybridized carbons (Fsp3) is 0.778. The van der Waals surface area contributed by atoms with Crippen LogP contribution in [0.4, 0.5) is 4.39 Å². The van der Waals surface area contributed by atoms with Gasteiger partial charge in [0.25, 0.3) is 0 Å². The molecule has 68 valence electrons. The lowest BCUT2D eigenvalue weighted by molar-refractivity contribution is 0.153. The molecule has 3 rings (SSSR count). The van der Waals surface area contributed by atoms with Crippen LogP contribution in [0, 0.1) is 5.92 Å². The highest BCUT2D eigenvalue weighted by atomic mass is 19.1. The molecule has 3 aliphatic rings. The van der Waals surface area contributed by atoms with E-state index in [2.05, 4.69) is 4.90 Å². The first-order valence-electron chi connectivity index (χ1n) is 4.52. The molecular formula is C9H14FNO. The fourth-order valence-electron chi connectivity index (χ4n) is 2.22. The van der Waals surface area contributed by atoms with E-state index in [1.807, 2.05) is 0 Å².